The molecule has 1 aromatic rings. The molecule has 0 saturated heterocycles. The number of methoxy groups -OCH3 is 1. The van der Waals surface area contributed by atoms with Crippen molar-refractivity contribution in [3.05, 3.63) is 12.1 Å². The zero-order chi connectivity index (χ0) is 11.8. The van der Waals surface area contributed by atoms with Crippen LogP contribution in [-0.2, 0) is 4.74 Å². The smallest absolute Gasteiger partial charge is 0.148 e. The number of nitrogens with two attached hydrogens (primary N) is 1. The molecular formula is C10H19N5O. The summed E-state index contributed by atoms with van der Waals surface area (Å²) in [7, 11) is 3.76. The minimum atomic E-state index is 0.433. The highest BCUT2D eigenvalue weighted by Crippen LogP contribution is 2.01. The maximum Gasteiger partial charge on any atom is 0.148 e. The molecule has 1 heterocycles. The minimum Gasteiger partial charge on any atom is -0.383 e. The lowest BCUT2D eigenvalue weighted by Gasteiger charge is -2.16. The number of ether oxygens (including phenoxy) is 1. The van der Waals surface area contributed by atoms with Crippen LogP contribution in [0.3, 0.4) is 0 Å². The Balaban J connectivity index is 2.17. The van der Waals surface area contributed by atoms with E-state index in [0.717, 1.165) is 32.1 Å². The van der Waals surface area contributed by atoms with Crippen LogP contribution in [0.15, 0.2) is 12.1 Å². The van der Waals surface area contributed by atoms with Crippen molar-refractivity contribution in [1.82, 2.24) is 15.1 Å². The molecule has 0 bridgehead atoms. The SMILES string of the molecule is COCCN(C)CCNc1ccc(N)nn1. The van der Waals surface area contributed by atoms with Gasteiger partial charge in [0.15, 0.2) is 0 Å². The van der Waals surface area contributed by atoms with Crippen LogP contribution in [0.5, 0.6) is 0 Å². The first kappa shape index (κ1) is 12.7. The molecule has 0 atom stereocenters. The van der Waals surface area contributed by atoms with Gasteiger partial charge < -0.3 is 20.7 Å². The third kappa shape index (κ3) is 4.90. The maximum atomic E-state index is 5.43. The van der Waals surface area contributed by atoms with Crippen LogP contribution < -0.4 is 11.1 Å². The van der Waals surface area contributed by atoms with E-state index in [0.29, 0.717) is 5.82 Å². The fourth-order valence-electron chi connectivity index (χ4n) is 1.17. The number of nitrogens with one attached hydrogen (secondary N) is 1. The molecule has 0 spiro atoms. The first-order valence-corrected chi connectivity index (χ1v) is 5.23. The number of nitrogens with zero attached hydrogens (tertiary/aromatic N) is 3. The summed E-state index contributed by atoms with van der Waals surface area (Å²) in [5.74, 6) is 1.18. The van der Waals surface area contributed by atoms with Gasteiger partial charge in [-0.3, -0.25) is 0 Å². The van der Waals surface area contributed by atoms with E-state index in [-0.39, 0.29) is 0 Å². The fraction of sp³-hybridized carbons (Fsp3) is 0.600. The molecule has 1 rings (SSSR count). The summed E-state index contributed by atoms with van der Waals surface area (Å²) < 4.78 is 4.99. The van der Waals surface area contributed by atoms with Crippen LogP contribution in [0.25, 0.3) is 0 Å². The number of hydrogen-bond acceptors (Lipinski definition) is 6. The van der Waals surface area contributed by atoms with Gasteiger partial charge in [0.05, 0.1) is 6.61 Å². The normalized spacial score (nSPS) is 10.7. The van der Waals surface area contributed by atoms with Crippen molar-refractivity contribution in [3.8, 4) is 0 Å². The van der Waals surface area contributed by atoms with E-state index in [1.54, 1.807) is 13.2 Å². The summed E-state index contributed by atoms with van der Waals surface area (Å²) in [4.78, 5) is 2.18. The molecule has 0 aliphatic rings. The predicted octanol–water partition coefficient (Wildman–Crippen LogP) is 0.0489. The standard InChI is InChI=1S/C10H19N5O/c1-15(7-8-16-2)6-5-12-10-4-3-9(11)13-14-10/h3-4H,5-8H2,1-2H3,(H2,11,13)(H,12,14). The van der Waals surface area contributed by atoms with Gasteiger partial charge in [0, 0.05) is 26.7 Å². The third-order valence-electron chi connectivity index (χ3n) is 2.16. The Labute approximate surface area is 95.8 Å². The highest BCUT2D eigenvalue weighted by molar-refractivity contribution is 5.38. The average Bonchev–Trinajstić information content (AvgIpc) is 2.29. The summed E-state index contributed by atoms with van der Waals surface area (Å²) in [6, 6.07) is 3.54. The fourth-order valence-corrected chi connectivity index (χ4v) is 1.17. The van der Waals surface area contributed by atoms with Gasteiger partial charge in [0.1, 0.15) is 11.6 Å². The Hall–Kier alpha value is -1.40. The Morgan fingerprint density at radius 2 is 2.19 bits per heavy atom. The van der Waals surface area contributed by atoms with Gasteiger partial charge in [-0.1, -0.05) is 0 Å². The van der Waals surface area contributed by atoms with E-state index in [4.69, 9.17) is 10.5 Å². The van der Waals surface area contributed by atoms with Gasteiger partial charge in [-0.25, -0.2) is 0 Å². The van der Waals surface area contributed by atoms with E-state index < -0.39 is 0 Å². The molecule has 0 amide bonds. The van der Waals surface area contributed by atoms with Gasteiger partial charge in [-0.2, -0.15) is 0 Å². The molecule has 3 N–H and O–H groups in total. The van der Waals surface area contributed by atoms with Crippen molar-refractivity contribution >= 4 is 11.6 Å². The number of rotatable bonds is 7. The molecule has 0 aliphatic carbocycles. The van der Waals surface area contributed by atoms with Crippen molar-refractivity contribution in [1.29, 1.82) is 0 Å². The minimum absolute atomic E-state index is 0.433. The molecule has 6 nitrogen and oxygen atoms in total. The molecule has 0 saturated carbocycles. The highest BCUT2D eigenvalue weighted by atomic mass is 16.5. The van der Waals surface area contributed by atoms with Crippen molar-refractivity contribution in [3.63, 3.8) is 0 Å². The van der Waals surface area contributed by atoms with Gasteiger partial charge in [0.25, 0.3) is 0 Å². The number of anilines is 2. The Morgan fingerprint density at radius 1 is 1.38 bits per heavy atom. The van der Waals surface area contributed by atoms with E-state index in [2.05, 4.69) is 27.5 Å². The third-order valence-corrected chi connectivity index (χ3v) is 2.16. The monoisotopic (exact) mass is 225 g/mol. The Kier molecular flexibility index (Phi) is 5.52. The van der Waals surface area contributed by atoms with E-state index in [1.165, 1.54) is 0 Å². The van der Waals surface area contributed by atoms with E-state index in [1.807, 2.05) is 6.07 Å². The highest BCUT2D eigenvalue weighted by Gasteiger charge is 1.98. The summed E-state index contributed by atoms with van der Waals surface area (Å²) in [5, 5.41) is 10.8. The number of likely N-dealkylation sites (N-methyl/N-ethyl adjacent to an activating group) is 1. The van der Waals surface area contributed by atoms with Gasteiger partial charge in [-0.15, -0.1) is 10.2 Å². The topological polar surface area (TPSA) is 76.3 Å². The van der Waals surface area contributed by atoms with Gasteiger partial charge in [-0.05, 0) is 19.2 Å². The second-order valence-corrected chi connectivity index (χ2v) is 3.57. The molecule has 1 aromatic heterocycles. The van der Waals surface area contributed by atoms with Crippen LogP contribution in [0.2, 0.25) is 0 Å². The second kappa shape index (κ2) is 6.97. The molecule has 0 unspecified atom stereocenters. The average molecular weight is 225 g/mol. The summed E-state index contributed by atoms with van der Waals surface area (Å²) in [6.45, 7) is 3.41. The molecule has 6 heteroatoms. The zero-order valence-electron chi connectivity index (χ0n) is 9.81. The number of hydrogen-bond donors (Lipinski definition) is 2. The Bertz CT molecular complexity index is 290. The van der Waals surface area contributed by atoms with Crippen molar-refractivity contribution in [2.75, 3.05) is 51.4 Å². The molecule has 16 heavy (non-hydrogen) atoms. The largest absolute Gasteiger partial charge is 0.383 e. The first-order chi connectivity index (χ1) is 7.72. The first-order valence-electron chi connectivity index (χ1n) is 5.23. The molecule has 0 fully saturated rings. The number of aromatic nitrogens is 2. The van der Waals surface area contributed by atoms with Crippen LogP contribution in [0.1, 0.15) is 0 Å². The summed E-state index contributed by atoms with van der Waals surface area (Å²) >= 11 is 0. The summed E-state index contributed by atoms with van der Waals surface area (Å²) in [6.07, 6.45) is 0. The van der Waals surface area contributed by atoms with Crippen molar-refractivity contribution < 1.29 is 4.74 Å². The van der Waals surface area contributed by atoms with Crippen LogP contribution in [0, 0.1) is 0 Å². The Morgan fingerprint density at radius 3 is 2.81 bits per heavy atom. The second-order valence-electron chi connectivity index (χ2n) is 3.57. The van der Waals surface area contributed by atoms with Crippen molar-refractivity contribution in [2.45, 2.75) is 0 Å². The molecule has 0 radical (unpaired) electrons. The molecule has 0 aliphatic heterocycles. The quantitative estimate of drug-likeness (QED) is 0.683. The molecular weight excluding hydrogens is 206 g/mol. The lowest BCUT2D eigenvalue weighted by molar-refractivity contribution is 0.163. The van der Waals surface area contributed by atoms with Crippen LogP contribution >= 0.6 is 0 Å². The van der Waals surface area contributed by atoms with Gasteiger partial charge >= 0.3 is 0 Å². The predicted molar refractivity (Wildman–Crippen MR) is 64.3 cm³/mol. The zero-order valence-corrected chi connectivity index (χ0v) is 9.81. The van der Waals surface area contributed by atoms with Crippen molar-refractivity contribution in [2.24, 2.45) is 0 Å². The van der Waals surface area contributed by atoms with E-state index >= 15 is 0 Å². The molecule has 90 valence electrons. The maximum absolute atomic E-state index is 5.43. The lowest BCUT2D eigenvalue weighted by Crippen LogP contribution is -2.28. The lowest BCUT2D eigenvalue weighted by atomic mass is 10.4. The van der Waals surface area contributed by atoms with E-state index in [9.17, 15) is 0 Å². The number of nitrogen functional groups attached to an aromatic ring is 1. The van der Waals surface area contributed by atoms with Gasteiger partial charge in [0.2, 0.25) is 0 Å². The molecule has 0 aromatic carbocycles. The van der Waals surface area contributed by atoms with Crippen LogP contribution in [0.4, 0.5) is 11.6 Å². The summed E-state index contributed by atoms with van der Waals surface area (Å²) in [5.41, 5.74) is 5.43. The van der Waals surface area contributed by atoms with Crippen LogP contribution in [-0.4, -0.2) is 55.5 Å².